The predicted octanol–water partition coefficient (Wildman–Crippen LogP) is 4.90. The zero-order chi connectivity index (χ0) is 23.5. The van der Waals surface area contributed by atoms with Gasteiger partial charge in [0.05, 0.1) is 54.5 Å². The van der Waals surface area contributed by atoms with Crippen LogP contribution in [-0.2, 0) is 9.47 Å². The standard InChI is InChI=1S/C25H31BrN5O2P/c1-20-25(21(2)31(27-20)24-6-4-3-5-7-24)34(29-12-16-32-17-13-29,30-14-18-33-19-15-30)28-23-10-8-22(26)9-11-23/h3-11H,12-19H2,1-2H3. The highest BCUT2D eigenvalue weighted by Gasteiger charge is 2.42. The Morgan fingerprint density at radius 3 is 1.94 bits per heavy atom. The van der Waals surface area contributed by atoms with Crippen LogP contribution >= 0.6 is 23.3 Å². The number of aromatic nitrogens is 2. The van der Waals surface area contributed by atoms with Gasteiger partial charge in [-0.05, 0) is 50.2 Å². The summed E-state index contributed by atoms with van der Waals surface area (Å²) in [5.41, 5.74) is 4.24. The highest BCUT2D eigenvalue weighted by molar-refractivity contribution is 9.10. The van der Waals surface area contributed by atoms with Crippen LogP contribution in [0.1, 0.15) is 11.4 Å². The van der Waals surface area contributed by atoms with Crippen LogP contribution < -0.4 is 5.30 Å². The number of halogens is 1. The molecule has 5 rings (SSSR count). The smallest absolute Gasteiger partial charge is 0.136 e. The van der Waals surface area contributed by atoms with Gasteiger partial charge >= 0.3 is 0 Å². The maximum atomic E-state index is 5.78. The van der Waals surface area contributed by atoms with E-state index < -0.39 is 7.36 Å². The molecule has 0 atom stereocenters. The number of aryl methyl sites for hydroxylation is 1. The van der Waals surface area contributed by atoms with Gasteiger partial charge in [0.15, 0.2) is 0 Å². The molecule has 3 aromatic rings. The Bertz CT molecular complexity index is 1150. The molecule has 180 valence electrons. The Morgan fingerprint density at radius 1 is 0.824 bits per heavy atom. The molecule has 0 unspecified atom stereocenters. The molecule has 0 spiro atoms. The first-order valence-electron chi connectivity index (χ1n) is 11.8. The number of para-hydroxylation sites is 1. The molecule has 2 aromatic carbocycles. The van der Waals surface area contributed by atoms with Crippen molar-refractivity contribution in [1.29, 1.82) is 0 Å². The van der Waals surface area contributed by atoms with Gasteiger partial charge in [-0.3, -0.25) is 0 Å². The summed E-state index contributed by atoms with van der Waals surface area (Å²) in [6.45, 7) is 10.6. The third kappa shape index (κ3) is 4.55. The van der Waals surface area contributed by atoms with E-state index in [2.05, 4.69) is 92.3 Å². The Kier molecular flexibility index (Phi) is 7.35. The van der Waals surface area contributed by atoms with Crippen molar-refractivity contribution in [2.75, 3.05) is 52.6 Å². The molecule has 2 aliphatic heterocycles. The number of nitrogens with zero attached hydrogens (tertiary/aromatic N) is 5. The van der Waals surface area contributed by atoms with Crippen LogP contribution in [0.5, 0.6) is 0 Å². The van der Waals surface area contributed by atoms with Gasteiger partial charge in [-0.1, -0.05) is 34.1 Å². The molecule has 2 aliphatic rings. The number of hydrogen-bond donors (Lipinski definition) is 0. The van der Waals surface area contributed by atoms with Crippen LogP contribution in [0.4, 0.5) is 5.69 Å². The highest BCUT2D eigenvalue weighted by atomic mass is 79.9. The lowest BCUT2D eigenvalue weighted by molar-refractivity contribution is 0.0578. The molecule has 9 heteroatoms. The molecule has 0 amide bonds. The molecule has 3 heterocycles. The van der Waals surface area contributed by atoms with Crippen LogP contribution in [0.25, 0.3) is 5.69 Å². The number of benzene rings is 2. The normalized spacial score (nSPS) is 18.2. The summed E-state index contributed by atoms with van der Waals surface area (Å²) in [5, 5.41) is 6.31. The minimum atomic E-state index is -2.38. The maximum absolute atomic E-state index is 5.78. The van der Waals surface area contributed by atoms with E-state index in [1.165, 1.54) is 5.30 Å². The molecule has 2 fully saturated rings. The second kappa shape index (κ2) is 10.4. The van der Waals surface area contributed by atoms with E-state index >= 15 is 0 Å². The second-order valence-corrected chi connectivity index (χ2v) is 12.4. The fourth-order valence-corrected chi connectivity index (χ4v) is 9.31. The van der Waals surface area contributed by atoms with Crippen molar-refractivity contribution in [3.63, 3.8) is 0 Å². The highest BCUT2D eigenvalue weighted by Crippen LogP contribution is 2.59. The van der Waals surface area contributed by atoms with Gasteiger partial charge in [-0.2, -0.15) is 5.10 Å². The van der Waals surface area contributed by atoms with E-state index in [1.54, 1.807) is 0 Å². The Labute approximate surface area is 210 Å². The van der Waals surface area contributed by atoms with Gasteiger partial charge in [0.2, 0.25) is 0 Å². The van der Waals surface area contributed by atoms with Gasteiger partial charge < -0.3 is 9.47 Å². The topological polar surface area (TPSA) is 55.1 Å². The molecular weight excluding hydrogens is 513 g/mol. The van der Waals surface area contributed by atoms with Crippen molar-refractivity contribution < 1.29 is 9.47 Å². The quantitative estimate of drug-likeness (QED) is 0.428. The molecule has 7 nitrogen and oxygen atoms in total. The lowest BCUT2D eigenvalue weighted by Gasteiger charge is -2.46. The monoisotopic (exact) mass is 543 g/mol. The predicted molar refractivity (Wildman–Crippen MR) is 141 cm³/mol. The Hall–Kier alpha value is -1.80. The third-order valence-corrected chi connectivity index (χ3v) is 11.1. The van der Waals surface area contributed by atoms with Crippen LogP contribution in [0.15, 0.2) is 63.8 Å². The van der Waals surface area contributed by atoms with Crippen LogP contribution in [0.3, 0.4) is 0 Å². The van der Waals surface area contributed by atoms with Crippen LogP contribution in [0, 0.1) is 13.8 Å². The summed E-state index contributed by atoms with van der Waals surface area (Å²) < 4.78 is 25.5. The van der Waals surface area contributed by atoms with E-state index in [1.807, 2.05) is 6.07 Å². The van der Waals surface area contributed by atoms with Gasteiger partial charge in [0, 0.05) is 30.7 Å². The van der Waals surface area contributed by atoms with Gasteiger partial charge in [-0.15, -0.1) is 0 Å². The van der Waals surface area contributed by atoms with Gasteiger partial charge in [0.1, 0.15) is 7.36 Å². The first-order chi connectivity index (χ1) is 16.6. The zero-order valence-corrected chi connectivity index (χ0v) is 22.2. The summed E-state index contributed by atoms with van der Waals surface area (Å²) in [5.74, 6) is 0. The van der Waals surface area contributed by atoms with Crippen molar-refractivity contribution in [3.8, 4) is 5.69 Å². The molecule has 0 N–H and O–H groups in total. The first-order valence-corrected chi connectivity index (χ1v) is 14.2. The van der Waals surface area contributed by atoms with Crippen molar-refractivity contribution >= 4 is 34.3 Å². The minimum Gasteiger partial charge on any atom is -0.379 e. The van der Waals surface area contributed by atoms with Gasteiger partial charge in [-0.25, -0.2) is 18.8 Å². The van der Waals surface area contributed by atoms with Crippen molar-refractivity contribution in [3.05, 3.63) is 70.5 Å². The molecular formula is C25H31BrN5O2P. The summed E-state index contributed by atoms with van der Waals surface area (Å²) in [6.07, 6.45) is 0. The molecule has 0 bridgehead atoms. The first kappa shape index (κ1) is 23.9. The lowest BCUT2D eigenvalue weighted by Crippen LogP contribution is -2.47. The molecule has 0 radical (unpaired) electrons. The maximum Gasteiger partial charge on any atom is 0.136 e. The summed E-state index contributed by atoms with van der Waals surface area (Å²) in [6, 6.07) is 18.7. The summed E-state index contributed by atoms with van der Waals surface area (Å²) >= 11 is 3.58. The summed E-state index contributed by atoms with van der Waals surface area (Å²) in [4.78, 5) is 0. The van der Waals surface area contributed by atoms with Crippen LogP contribution in [0.2, 0.25) is 0 Å². The zero-order valence-electron chi connectivity index (χ0n) is 19.7. The van der Waals surface area contributed by atoms with E-state index in [4.69, 9.17) is 19.3 Å². The Morgan fingerprint density at radius 2 is 1.38 bits per heavy atom. The molecule has 0 saturated carbocycles. The fourth-order valence-electron chi connectivity index (χ4n) is 4.86. The van der Waals surface area contributed by atoms with E-state index in [-0.39, 0.29) is 0 Å². The number of rotatable bonds is 5. The molecule has 34 heavy (non-hydrogen) atoms. The minimum absolute atomic E-state index is 0.715. The van der Waals surface area contributed by atoms with Crippen molar-refractivity contribution in [1.82, 2.24) is 19.1 Å². The SMILES string of the molecule is Cc1nn(-c2ccccc2)c(C)c1P(=Nc1ccc(Br)cc1)(N1CCOCC1)N1CCOCC1. The largest absolute Gasteiger partial charge is 0.379 e. The average Bonchev–Trinajstić information content (AvgIpc) is 3.19. The van der Waals surface area contributed by atoms with E-state index in [9.17, 15) is 0 Å². The van der Waals surface area contributed by atoms with Crippen molar-refractivity contribution in [2.45, 2.75) is 13.8 Å². The summed E-state index contributed by atoms with van der Waals surface area (Å²) in [7, 11) is -2.38. The fraction of sp³-hybridized carbons (Fsp3) is 0.400. The average molecular weight is 544 g/mol. The second-order valence-electron chi connectivity index (χ2n) is 8.54. The van der Waals surface area contributed by atoms with Gasteiger partial charge in [0.25, 0.3) is 0 Å². The molecule has 0 aliphatic carbocycles. The van der Waals surface area contributed by atoms with E-state index in [0.717, 1.165) is 53.4 Å². The number of ether oxygens (including phenoxy) is 2. The lowest BCUT2D eigenvalue weighted by atomic mass is 10.3. The molecule has 2 saturated heterocycles. The van der Waals surface area contributed by atoms with E-state index in [0.29, 0.717) is 26.4 Å². The van der Waals surface area contributed by atoms with Crippen molar-refractivity contribution in [2.24, 2.45) is 4.74 Å². The number of morpholine rings is 2. The number of hydrogen-bond acceptors (Lipinski definition) is 4. The third-order valence-electron chi connectivity index (χ3n) is 6.40. The van der Waals surface area contributed by atoms with Crippen LogP contribution in [-0.4, -0.2) is 71.7 Å². The Balaban J connectivity index is 1.78. The molecule has 1 aromatic heterocycles.